The minimum absolute atomic E-state index is 0.190. The molecule has 0 saturated carbocycles. The Kier molecular flexibility index (Phi) is 3.54. The lowest BCUT2D eigenvalue weighted by Crippen LogP contribution is -1.92. The van der Waals surface area contributed by atoms with E-state index in [1.165, 1.54) is 0 Å². The summed E-state index contributed by atoms with van der Waals surface area (Å²) in [5.74, 6) is 0.866. The summed E-state index contributed by atoms with van der Waals surface area (Å²) in [6.45, 7) is -0.190. The Bertz CT molecular complexity index is 453. The van der Waals surface area contributed by atoms with E-state index in [4.69, 9.17) is 21.2 Å². The first kappa shape index (κ1) is 11.1. The van der Waals surface area contributed by atoms with Crippen LogP contribution in [0.4, 0.5) is 0 Å². The molecular weight excluding hydrogens is 228 g/mol. The zero-order valence-electron chi connectivity index (χ0n) is 8.56. The van der Waals surface area contributed by atoms with Crippen LogP contribution < -0.4 is 0 Å². The molecule has 1 N–H and O–H groups in total. The number of nitrogens with zero attached hydrogens (tertiary/aromatic N) is 2. The maximum Gasteiger partial charge on any atom is 0.227 e. The highest BCUT2D eigenvalue weighted by molar-refractivity contribution is 6.30. The van der Waals surface area contributed by atoms with Crippen LogP contribution in [0, 0.1) is 0 Å². The van der Waals surface area contributed by atoms with Gasteiger partial charge in [0.25, 0.3) is 0 Å². The van der Waals surface area contributed by atoms with Crippen molar-refractivity contribution in [2.45, 2.75) is 19.4 Å². The van der Waals surface area contributed by atoms with Gasteiger partial charge in [-0.05, 0) is 24.1 Å². The highest BCUT2D eigenvalue weighted by Crippen LogP contribution is 2.11. The maximum atomic E-state index is 8.77. The van der Waals surface area contributed by atoms with Gasteiger partial charge in [-0.25, -0.2) is 0 Å². The summed E-state index contributed by atoms with van der Waals surface area (Å²) in [4.78, 5) is 4.01. The molecule has 0 radical (unpaired) electrons. The summed E-state index contributed by atoms with van der Waals surface area (Å²) in [5, 5.41) is 13.1. The van der Waals surface area contributed by atoms with Gasteiger partial charge in [0.05, 0.1) is 0 Å². The summed E-state index contributed by atoms with van der Waals surface area (Å²) in [7, 11) is 0. The second kappa shape index (κ2) is 5.09. The number of benzene rings is 1. The van der Waals surface area contributed by atoms with Crippen molar-refractivity contribution in [2.24, 2.45) is 0 Å². The lowest BCUT2D eigenvalue weighted by Gasteiger charge is -1.97. The van der Waals surface area contributed by atoms with E-state index in [0.29, 0.717) is 18.1 Å². The second-order valence-corrected chi connectivity index (χ2v) is 3.83. The Labute approximate surface area is 97.9 Å². The molecule has 0 bridgehead atoms. The fourth-order valence-corrected chi connectivity index (χ4v) is 1.48. The van der Waals surface area contributed by atoms with Crippen molar-refractivity contribution in [3.05, 3.63) is 46.6 Å². The van der Waals surface area contributed by atoms with Crippen LogP contribution in [0.15, 0.2) is 28.8 Å². The largest absolute Gasteiger partial charge is 0.388 e. The number of hydrogen-bond acceptors (Lipinski definition) is 4. The molecule has 1 aromatic carbocycles. The number of aromatic nitrogens is 2. The van der Waals surface area contributed by atoms with E-state index >= 15 is 0 Å². The molecule has 0 aliphatic rings. The van der Waals surface area contributed by atoms with Crippen molar-refractivity contribution in [1.82, 2.24) is 10.1 Å². The molecule has 2 aromatic rings. The van der Waals surface area contributed by atoms with Gasteiger partial charge in [0.1, 0.15) is 6.61 Å². The highest BCUT2D eigenvalue weighted by atomic mass is 35.5. The van der Waals surface area contributed by atoms with Gasteiger partial charge in [-0.3, -0.25) is 0 Å². The van der Waals surface area contributed by atoms with E-state index in [2.05, 4.69) is 10.1 Å². The van der Waals surface area contributed by atoms with Gasteiger partial charge < -0.3 is 9.63 Å². The van der Waals surface area contributed by atoms with Gasteiger partial charge in [0, 0.05) is 11.4 Å². The Balaban J connectivity index is 1.94. The molecule has 2 rings (SSSR count). The zero-order chi connectivity index (χ0) is 11.4. The third-order valence-corrected chi connectivity index (χ3v) is 2.44. The molecule has 0 aliphatic carbocycles. The third-order valence-electron chi connectivity index (χ3n) is 2.19. The molecule has 16 heavy (non-hydrogen) atoms. The molecule has 0 amide bonds. The first-order chi connectivity index (χ1) is 7.78. The molecule has 1 aromatic heterocycles. The standard InChI is InChI=1S/C11H11ClN2O2/c12-9-4-1-8(2-5-9)3-6-11-13-10(7-15)14-16-11/h1-2,4-5,15H,3,6-7H2. The maximum absolute atomic E-state index is 8.77. The van der Waals surface area contributed by atoms with Crippen molar-refractivity contribution in [3.8, 4) is 0 Å². The minimum Gasteiger partial charge on any atom is -0.388 e. The molecule has 0 aliphatic heterocycles. The van der Waals surface area contributed by atoms with Crippen LogP contribution >= 0.6 is 11.6 Å². The van der Waals surface area contributed by atoms with Crippen LogP contribution in [0.1, 0.15) is 17.3 Å². The average Bonchev–Trinajstić information content (AvgIpc) is 2.76. The molecule has 0 fully saturated rings. The molecule has 0 unspecified atom stereocenters. The number of hydrogen-bond donors (Lipinski definition) is 1. The van der Waals surface area contributed by atoms with E-state index in [-0.39, 0.29) is 6.61 Å². The van der Waals surface area contributed by atoms with E-state index < -0.39 is 0 Å². The molecule has 84 valence electrons. The van der Waals surface area contributed by atoms with Crippen molar-refractivity contribution < 1.29 is 9.63 Å². The van der Waals surface area contributed by atoms with Crippen LogP contribution in [0.2, 0.25) is 5.02 Å². The average molecular weight is 239 g/mol. The van der Waals surface area contributed by atoms with Crippen LogP contribution in [0.25, 0.3) is 0 Å². The Morgan fingerprint density at radius 1 is 1.19 bits per heavy atom. The van der Waals surface area contributed by atoms with Gasteiger partial charge in [0.2, 0.25) is 5.89 Å². The molecule has 0 spiro atoms. The molecule has 5 heteroatoms. The van der Waals surface area contributed by atoms with E-state index in [1.54, 1.807) is 0 Å². The van der Waals surface area contributed by atoms with E-state index in [9.17, 15) is 0 Å². The van der Waals surface area contributed by atoms with Gasteiger partial charge in [0.15, 0.2) is 5.82 Å². The Morgan fingerprint density at radius 3 is 2.56 bits per heavy atom. The first-order valence-corrected chi connectivity index (χ1v) is 5.32. The molecule has 0 saturated heterocycles. The fourth-order valence-electron chi connectivity index (χ4n) is 1.36. The fraction of sp³-hybridized carbons (Fsp3) is 0.273. The summed E-state index contributed by atoms with van der Waals surface area (Å²) in [6.07, 6.45) is 1.47. The van der Waals surface area contributed by atoms with Crippen LogP contribution in [0.5, 0.6) is 0 Å². The number of aliphatic hydroxyl groups is 1. The lowest BCUT2D eigenvalue weighted by atomic mass is 10.1. The summed E-state index contributed by atoms with van der Waals surface area (Å²) < 4.78 is 4.95. The molecule has 1 heterocycles. The highest BCUT2D eigenvalue weighted by Gasteiger charge is 2.05. The van der Waals surface area contributed by atoms with Gasteiger partial charge in [-0.15, -0.1) is 0 Å². The Morgan fingerprint density at radius 2 is 1.94 bits per heavy atom. The minimum atomic E-state index is -0.190. The third kappa shape index (κ3) is 2.81. The van der Waals surface area contributed by atoms with E-state index in [1.807, 2.05) is 24.3 Å². The smallest absolute Gasteiger partial charge is 0.227 e. The predicted octanol–water partition coefficient (Wildman–Crippen LogP) is 2.00. The quantitative estimate of drug-likeness (QED) is 0.885. The van der Waals surface area contributed by atoms with Crippen LogP contribution in [0.3, 0.4) is 0 Å². The number of aliphatic hydroxyl groups excluding tert-OH is 1. The monoisotopic (exact) mass is 238 g/mol. The predicted molar refractivity (Wildman–Crippen MR) is 59.1 cm³/mol. The SMILES string of the molecule is OCc1noc(CCc2ccc(Cl)cc2)n1. The number of aryl methyl sites for hydroxylation is 2. The van der Waals surface area contributed by atoms with Crippen LogP contribution in [-0.2, 0) is 19.4 Å². The zero-order valence-corrected chi connectivity index (χ0v) is 9.31. The number of rotatable bonds is 4. The van der Waals surface area contributed by atoms with Gasteiger partial charge >= 0.3 is 0 Å². The molecule has 0 atom stereocenters. The number of halogens is 1. The molecular formula is C11H11ClN2O2. The van der Waals surface area contributed by atoms with Crippen LogP contribution in [-0.4, -0.2) is 15.2 Å². The van der Waals surface area contributed by atoms with Gasteiger partial charge in [-0.1, -0.05) is 28.9 Å². The van der Waals surface area contributed by atoms with Crippen molar-refractivity contribution in [3.63, 3.8) is 0 Å². The van der Waals surface area contributed by atoms with Crippen molar-refractivity contribution >= 4 is 11.6 Å². The van der Waals surface area contributed by atoms with Gasteiger partial charge in [-0.2, -0.15) is 4.98 Å². The van der Waals surface area contributed by atoms with Crippen molar-refractivity contribution in [1.29, 1.82) is 0 Å². The normalized spacial score (nSPS) is 10.6. The first-order valence-electron chi connectivity index (χ1n) is 4.94. The van der Waals surface area contributed by atoms with Crippen molar-refractivity contribution in [2.75, 3.05) is 0 Å². The summed E-state index contributed by atoms with van der Waals surface area (Å²) in [5.41, 5.74) is 1.16. The lowest BCUT2D eigenvalue weighted by molar-refractivity contribution is 0.262. The van der Waals surface area contributed by atoms with E-state index in [0.717, 1.165) is 17.0 Å². The topological polar surface area (TPSA) is 59.2 Å². The Hall–Kier alpha value is -1.39. The summed E-state index contributed by atoms with van der Waals surface area (Å²) >= 11 is 5.78. The second-order valence-electron chi connectivity index (χ2n) is 3.39. The molecule has 4 nitrogen and oxygen atoms in total. The summed E-state index contributed by atoms with van der Waals surface area (Å²) in [6, 6.07) is 7.63.